The van der Waals surface area contributed by atoms with Crippen molar-refractivity contribution < 1.29 is 59.9 Å². The number of hydrogen-bond acceptors (Lipinski definition) is 14. The predicted octanol–water partition coefficient (Wildman–Crippen LogP) is 2.38. The number of nitrogens with zero attached hydrogens (tertiary/aromatic N) is 1. The Bertz CT molecular complexity index is 2330. The summed E-state index contributed by atoms with van der Waals surface area (Å²) in [5, 5.41) is 98.3. The Morgan fingerprint density at radius 1 is 0.986 bits per heavy atom. The Labute approximate surface area is 423 Å². The second-order valence-electron chi connectivity index (χ2n) is 25.9. The number of aliphatic hydroxyl groups is 7. The molecule has 7 aliphatic carbocycles. The van der Waals surface area contributed by atoms with E-state index in [1.165, 1.54) is 0 Å². The van der Waals surface area contributed by atoms with Crippen molar-refractivity contribution in [3.63, 3.8) is 0 Å². The van der Waals surface area contributed by atoms with Crippen molar-refractivity contribution in [2.45, 2.75) is 167 Å². The van der Waals surface area contributed by atoms with Gasteiger partial charge in [-0.2, -0.15) is 0 Å². The van der Waals surface area contributed by atoms with Crippen LogP contribution in [-0.2, 0) is 19.1 Å². The van der Waals surface area contributed by atoms with Gasteiger partial charge in [-0.15, -0.1) is 0 Å². The molecule has 13 N–H and O–H groups in total. The first kappa shape index (κ1) is 52.5. The summed E-state index contributed by atoms with van der Waals surface area (Å²) >= 11 is 0. The number of amides is 1. The third kappa shape index (κ3) is 7.30. The summed E-state index contributed by atoms with van der Waals surface area (Å²) in [5.41, 5.74) is 2.70. The molecule has 5 saturated carbocycles. The van der Waals surface area contributed by atoms with E-state index >= 15 is 4.79 Å². The number of fused-ring (bicyclic) bond motifs is 4. The first-order chi connectivity index (χ1) is 34.0. The number of nitrogens with two attached hydrogens (primary N) is 1. The molecule has 7 fully saturated rings. The molecular formula is C55H83N5O12. The van der Waals surface area contributed by atoms with Crippen LogP contribution in [0.2, 0.25) is 0 Å². The molecule has 1 amide bonds. The Hall–Kier alpha value is -2.99. The quantitative estimate of drug-likeness (QED) is 0.0620. The van der Waals surface area contributed by atoms with E-state index in [4.69, 9.17) is 15.2 Å². The minimum atomic E-state index is -1.66. The monoisotopic (exact) mass is 1010 g/mol. The maximum absolute atomic E-state index is 15.4. The number of carboxylic acid groups (broad SMARTS) is 1. The zero-order chi connectivity index (χ0) is 51.7. The molecule has 2 aliphatic heterocycles. The Kier molecular flexibility index (Phi) is 13.4. The van der Waals surface area contributed by atoms with E-state index < -0.39 is 129 Å². The van der Waals surface area contributed by atoms with Gasteiger partial charge in [0.25, 0.3) is 0 Å². The lowest BCUT2D eigenvalue weighted by molar-refractivity contribution is -0.342. The molecule has 24 atom stereocenters. The summed E-state index contributed by atoms with van der Waals surface area (Å²) in [6, 6.07) is -0.520. The number of H-pyrrole nitrogens is 1. The number of carbonyl (C=O) groups excluding carboxylic acids is 1. The molecule has 9 aliphatic rings. The van der Waals surface area contributed by atoms with Gasteiger partial charge in [-0.3, -0.25) is 9.59 Å². The van der Waals surface area contributed by atoms with E-state index in [1.807, 2.05) is 14.0 Å². The highest BCUT2D eigenvalue weighted by Gasteiger charge is 2.76. The molecule has 0 bridgehead atoms. The Morgan fingerprint density at radius 2 is 1.74 bits per heavy atom. The van der Waals surface area contributed by atoms with Crippen LogP contribution < -0.4 is 16.4 Å². The summed E-state index contributed by atoms with van der Waals surface area (Å²) in [6.45, 7) is 10.6. The molecule has 3 heterocycles. The third-order valence-electron chi connectivity index (χ3n) is 22.8. The number of aromatic nitrogens is 2. The van der Waals surface area contributed by atoms with Gasteiger partial charge in [0, 0.05) is 60.2 Å². The van der Waals surface area contributed by atoms with Gasteiger partial charge in [-0.1, -0.05) is 64.5 Å². The minimum absolute atomic E-state index is 0.0464. The number of aliphatic hydroxyl groups excluding tert-OH is 7. The summed E-state index contributed by atoms with van der Waals surface area (Å²) in [6.07, 6.45) is 2.77. The van der Waals surface area contributed by atoms with Crippen molar-refractivity contribution in [3.05, 3.63) is 29.9 Å². The van der Waals surface area contributed by atoms with Crippen molar-refractivity contribution in [2.75, 3.05) is 33.4 Å². The SMILES string of the molecule is CNC[C@H](C[C@@H](c1cnc[nH]1)[C@H]1NC(=O)[C@@]23CCC[C@@H]2C#C[C@H]2C=C4[C@@H]5C[C@@](C)(CO)CC[C@]5(C(=O)O)CC[C@@]4(C)[C@]4(C)CC[C@@H]5[C@](C)(CO)[C@H](O[C@@H]6OC[C@@H](O)[C@H](O)[C@H]6O)[C@H](O)[C@H](C[C@@H]13)[C@]5(C)[C@@H]24)[C@@H](N)O. The number of nitrogens with one attached hydrogen (secondary N) is 3. The predicted molar refractivity (Wildman–Crippen MR) is 262 cm³/mol. The van der Waals surface area contributed by atoms with Crippen LogP contribution in [0.3, 0.4) is 0 Å². The van der Waals surface area contributed by atoms with Gasteiger partial charge in [0.15, 0.2) is 6.29 Å². The van der Waals surface area contributed by atoms with Crippen LogP contribution in [0.5, 0.6) is 0 Å². The van der Waals surface area contributed by atoms with Crippen molar-refractivity contribution in [3.8, 4) is 11.8 Å². The number of rotatable bonds is 12. The van der Waals surface area contributed by atoms with Gasteiger partial charge >= 0.3 is 5.97 Å². The van der Waals surface area contributed by atoms with Gasteiger partial charge in [0.2, 0.25) is 5.91 Å². The Morgan fingerprint density at radius 3 is 2.40 bits per heavy atom. The van der Waals surface area contributed by atoms with Crippen molar-refractivity contribution in [1.82, 2.24) is 20.6 Å². The number of imidazole rings is 1. The van der Waals surface area contributed by atoms with Crippen LogP contribution in [0.4, 0.5) is 0 Å². The average molecular weight is 1010 g/mol. The fourth-order valence-electron chi connectivity index (χ4n) is 18.7. The molecule has 2 saturated heterocycles. The number of carboxylic acids is 1. The van der Waals surface area contributed by atoms with E-state index in [2.05, 4.69) is 66.2 Å². The smallest absolute Gasteiger partial charge is 0.310 e. The van der Waals surface area contributed by atoms with Gasteiger partial charge in [-0.25, -0.2) is 4.98 Å². The molecule has 10 rings (SSSR count). The maximum atomic E-state index is 15.4. The molecule has 0 radical (unpaired) electrons. The maximum Gasteiger partial charge on any atom is 0.310 e. The number of aliphatic carboxylic acids is 1. The molecule has 1 aromatic heterocycles. The van der Waals surface area contributed by atoms with E-state index in [0.29, 0.717) is 77.2 Å². The fourth-order valence-corrected chi connectivity index (χ4v) is 18.7. The lowest BCUT2D eigenvalue weighted by Crippen LogP contribution is -2.73. The zero-order valence-corrected chi connectivity index (χ0v) is 43.1. The number of aromatic amines is 1. The second kappa shape index (κ2) is 18.3. The van der Waals surface area contributed by atoms with Crippen molar-refractivity contribution in [2.24, 2.45) is 91.0 Å². The van der Waals surface area contributed by atoms with E-state index in [9.17, 15) is 45.6 Å². The first-order valence-electron chi connectivity index (χ1n) is 27.1. The van der Waals surface area contributed by atoms with E-state index in [-0.39, 0.29) is 42.8 Å². The lowest BCUT2D eigenvalue weighted by atomic mass is 9.30. The zero-order valence-electron chi connectivity index (χ0n) is 43.1. The summed E-state index contributed by atoms with van der Waals surface area (Å²) in [4.78, 5) is 37.0. The molecular weight excluding hydrogens is 923 g/mol. The van der Waals surface area contributed by atoms with E-state index in [0.717, 1.165) is 17.7 Å². The number of allylic oxidation sites excluding steroid dienone is 2. The average Bonchev–Trinajstić information content (AvgIpc) is 4.10. The highest BCUT2D eigenvalue weighted by molar-refractivity contribution is 5.87. The van der Waals surface area contributed by atoms with Crippen LogP contribution in [0.25, 0.3) is 0 Å². The van der Waals surface area contributed by atoms with Gasteiger partial charge in [-0.05, 0) is 129 Å². The molecule has 17 heteroatoms. The van der Waals surface area contributed by atoms with Crippen molar-refractivity contribution in [1.29, 1.82) is 0 Å². The number of ether oxygens (including phenoxy) is 2. The Balaban J connectivity index is 1.20. The standard InChI is InChI=1S/C55H83N5O12/c1-49(25-61)14-16-54(48(69)70)17-15-51(3)32(35(54)21-49)19-28-9-10-30-8-7-12-55(30)33(39(60-47(55)68)31(36-23-58-27-59-36)18-29(22-57-6)45(56)67)20-34-40(64)44(72-46-42(66)41(65)37(63)24-71-46)50(2,26-62)38-11-13-52(51,4)43(28)53(34,38)5/h19,23,27-31,33-35,37-46,57,61-67H,7-8,11-18,20-22,24-26,56H2,1-6H3,(H,58,59)(H,60,68)(H,69,70)/t28-,29-,30+,31-,33-,34-,35-,37+,38+,39+,40+,41-,42+,43-,44+,45-,46-,49-,50-,51+,52+,53-,54-,55-/m0/s1. The molecule has 1 spiro atoms. The lowest BCUT2D eigenvalue weighted by Gasteiger charge is -2.74. The second-order valence-corrected chi connectivity index (χ2v) is 25.9. The minimum Gasteiger partial charge on any atom is -0.481 e. The molecule has 17 nitrogen and oxygen atoms in total. The number of hydrogen-bond donors (Lipinski definition) is 12. The van der Waals surface area contributed by atoms with Gasteiger partial charge in [0.1, 0.15) is 24.5 Å². The molecule has 0 aromatic carbocycles. The fraction of sp³-hybridized carbons (Fsp3) is 0.836. The summed E-state index contributed by atoms with van der Waals surface area (Å²) in [7, 11) is 1.81. The van der Waals surface area contributed by atoms with Crippen molar-refractivity contribution >= 4 is 11.9 Å². The topological polar surface area (TPSA) is 293 Å². The summed E-state index contributed by atoms with van der Waals surface area (Å²) in [5.74, 6) is 3.27. The van der Waals surface area contributed by atoms with Gasteiger partial charge in [0.05, 0.1) is 42.6 Å². The van der Waals surface area contributed by atoms with Crippen LogP contribution in [0, 0.1) is 97.1 Å². The molecule has 1 aromatic rings. The normalized spacial score (nSPS) is 50.5. The van der Waals surface area contributed by atoms with Crippen LogP contribution in [0.1, 0.15) is 123 Å². The first-order valence-corrected chi connectivity index (χ1v) is 27.1. The summed E-state index contributed by atoms with van der Waals surface area (Å²) < 4.78 is 12.7. The van der Waals surface area contributed by atoms with Crippen LogP contribution in [-0.4, -0.2) is 145 Å². The van der Waals surface area contributed by atoms with Crippen LogP contribution >= 0.6 is 0 Å². The highest BCUT2D eigenvalue weighted by Crippen LogP contribution is 2.78. The van der Waals surface area contributed by atoms with Crippen LogP contribution in [0.15, 0.2) is 24.2 Å². The molecule has 400 valence electrons. The number of carbonyl (C=O) groups is 2. The molecule has 0 unspecified atom stereocenters. The highest BCUT2D eigenvalue weighted by atomic mass is 16.7. The molecule has 72 heavy (non-hydrogen) atoms. The van der Waals surface area contributed by atoms with Gasteiger partial charge < -0.3 is 71.7 Å². The van der Waals surface area contributed by atoms with E-state index in [1.54, 1.807) is 12.5 Å². The largest absolute Gasteiger partial charge is 0.481 e. The third-order valence-corrected chi connectivity index (χ3v) is 22.8.